The van der Waals surface area contributed by atoms with Crippen LogP contribution in [0.2, 0.25) is 0 Å². The third kappa shape index (κ3) is 6.85. The van der Waals surface area contributed by atoms with Gasteiger partial charge in [-0.2, -0.15) is 0 Å². The first-order chi connectivity index (χ1) is 27.1. The summed E-state index contributed by atoms with van der Waals surface area (Å²) in [6, 6.07) is 16.1. The largest absolute Gasteiger partial charge is 0.456 e. The molecule has 1 heterocycles. The van der Waals surface area contributed by atoms with Crippen molar-refractivity contribution in [3.63, 3.8) is 0 Å². The number of hydrogen-bond acceptors (Lipinski definition) is 14. The van der Waals surface area contributed by atoms with Crippen LogP contribution < -0.4 is 5.23 Å². The lowest BCUT2D eigenvalue weighted by molar-refractivity contribution is -0.347. The van der Waals surface area contributed by atoms with Gasteiger partial charge in [-0.15, -0.1) is 0 Å². The third-order valence-corrected chi connectivity index (χ3v) is 13.0. The second-order valence-electron chi connectivity index (χ2n) is 16.1. The van der Waals surface area contributed by atoms with Gasteiger partial charge in [-0.3, -0.25) is 9.59 Å². The van der Waals surface area contributed by atoms with Crippen molar-refractivity contribution >= 4 is 37.3 Å². The van der Waals surface area contributed by atoms with E-state index < -0.39 is 101 Å². The maximum absolute atomic E-state index is 15.5. The molecule has 3 fully saturated rings. The SMILES string of the molecule is CO[C@H]1C[C@H]2OC[C@@]2(OC(C)=O)C2C(OC(=O)c3ccccc3)[C@]3(O)C[C@H](OC(=O)[C@H](OC)[C@@H](N[B]C=O)c4ccccc4)C(C)=C([C@@H](CO)C(=O)[C@@]21C)C3(C)C. The summed E-state index contributed by atoms with van der Waals surface area (Å²) in [6.07, 6.45) is -5.60. The second kappa shape index (κ2) is 16.2. The molecule has 57 heavy (non-hydrogen) atoms. The minimum absolute atomic E-state index is 0.122. The van der Waals surface area contributed by atoms with Crippen LogP contribution in [0.25, 0.3) is 0 Å². The van der Waals surface area contributed by atoms with Gasteiger partial charge in [0.1, 0.15) is 23.9 Å². The smallest absolute Gasteiger partial charge is 0.338 e. The highest BCUT2D eigenvalue weighted by Crippen LogP contribution is 2.65. The maximum atomic E-state index is 15.5. The number of ketones is 1. The van der Waals surface area contributed by atoms with E-state index in [1.165, 1.54) is 21.1 Å². The van der Waals surface area contributed by atoms with Crippen LogP contribution in [0, 0.1) is 22.7 Å². The molecular weight excluding hydrogens is 737 g/mol. The molecular formula is C42H51BNO13. The molecule has 2 bridgehead atoms. The molecule has 11 atom stereocenters. The van der Waals surface area contributed by atoms with Crippen LogP contribution in [0.4, 0.5) is 0 Å². The van der Waals surface area contributed by atoms with Gasteiger partial charge >= 0.3 is 17.9 Å². The van der Waals surface area contributed by atoms with E-state index in [9.17, 15) is 29.4 Å². The van der Waals surface area contributed by atoms with Crippen molar-refractivity contribution in [3.05, 3.63) is 82.9 Å². The molecule has 1 aliphatic heterocycles. The van der Waals surface area contributed by atoms with Crippen LogP contribution >= 0.6 is 0 Å². The monoisotopic (exact) mass is 788 g/mol. The van der Waals surface area contributed by atoms with Crippen LogP contribution in [0.3, 0.4) is 0 Å². The molecule has 3 aliphatic carbocycles. The molecule has 6 rings (SSSR count). The summed E-state index contributed by atoms with van der Waals surface area (Å²) in [5.41, 5.74) is -5.38. The lowest BCUT2D eigenvalue weighted by Crippen LogP contribution is -2.81. The second-order valence-corrected chi connectivity index (χ2v) is 16.1. The molecule has 0 aromatic heterocycles. The van der Waals surface area contributed by atoms with E-state index in [0.29, 0.717) is 22.9 Å². The molecule has 1 saturated heterocycles. The number of ether oxygens (including phenoxy) is 6. The lowest BCUT2D eigenvalue weighted by Gasteiger charge is -2.68. The number of hydrogen-bond donors (Lipinski definition) is 3. The third-order valence-electron chi connectivity index (χ3n) is 13.0. The van der Waals surface area contributed by atoms with Crippen LogP contribution in [0.1, 0.15) is 69.4 Å². The average molecular weight is 789 g/mol. The van der Waals surface area contributed by atoms with E-state index in [2.05, 4.69) is 5.23 Å². The van der Waals surface area contributed by atoms with E-state index in [4.69, 9.17) is 28.4 Å². The number of benzene rings is 2. The number of fused-ring (bicyclic) bond motifs is 5. The fourth-order valence-corrected chi connectivity index (χ4v) is 10.2. The first-order valence-electron chi connectivity index (χ1n) is 19.1. The topological polar surface area (TPSA) is 193 Å². The van der Waals surface area contributed by atoms with Gasteiger partial charge < -0.3 is 48.7 Å². The highest BCUT2D eigenvalue weighted by molar-refractivity contribution is 6.64. The molecule has 14 nitrogen and oxygen atoms in total. The van der Waals surface area contributed by atoms with Crippen LogP contribution in [0.5, 0.6) is 0 Å². The Morgan fingerprint density at radius 3 is 2.23 bits per heavy atom. The van der Waals surface area contributed by atoms with E-state index in [0.717, 1.165) is 7.41 Å². The van der Waals surface area contributed by atoms with Crippen molar-refractivity contribution in [3.8, 4) is 0 Å². The molecule has 2 aromatic rings. The van der Waals surface area contributed by atoms with Gasteiger partial charge in [0, 0.05) is 39.4 Å². The molecule has 2 unspecified atom stereocenters. The zero-order valence-electron chi connectivity index (χ0n) is 33.3. The van der Waals surface area contributed by atoms with E-state index in [1.807, 2.05) is 0 Å². The highest BCUT2D eigenvalue weighted by atomic mass is 16.6. The Morgan fingerprint density at radius 2 is 1.68 bits per heavy atom. The zero-order chi connectivity index (χ0) is 41.5. The highest BCUT2D eigenvalue weighted by Gasteiger charge is 2.78. The fraction of sp³-hybridized carbons (Fsp3) is 0.548. The average Bonchev–Trinajstić information content (AvgIpc) is 3.18. The molecule has 305 valence electrons. The predicted octanol–water partition coefficient (Wildman–Crippen LogP) is 2.69. The van der Waals surface area contributed by atoms with Gasteiger partial charge in [-0.1, -0.05) is 62.4 Å². The number of nitrogens with one attached hydrogen (secondary N) is 1. The summed E-state index contributed by atoms with van der Waals surface area (Å²) < 4.78 is 36.6. The summed E-state index contributed by atoms with van der Waals surface area (Å²) in [6.45, 7) is 7.06. The van der Waals surface area contributed by atoms with Crippen molar-refractivity contribution in [2.24, 2.45) is 22.7 Å². The first kappa shape index (κ1) is 42.4. The number of aliphatic hydroxyl groups excluding tert-OH is 1. The normalized spacial score (nSPS) is 33.8. The molecule has 0 spiro atoms. The summed E-state index contributed by atoms with van der Waals surface area (Å²) in [5, 5.41) is 27.8. The van der Waals surface area contributed by atoms with Crippen molar-refractivity contribution < 1.29 is 62.6 Å². The van der Waals surface area contributed by atoms with Crippen molar-refractivity contribution in [1.82, 2.24) is 5.23 Å². The Morgan fingerprint density at radius 1 is 1.04 bits per heavy atom. The van der Waals surface area contributed by atoms with Crippen LogP contribution in [-0.4, -0.2) is 117 Å². The number of esters is 3. The Balaban J connectivity index is 1.56. The van der Waals surface area contributed by atoms with Gasteiger partial charge in [-0.25, -0.2) is 9.59 Å². The molecule has 0 amide bonds. The molecule has 15 heteroatoms. The van der Waals surface area contributed by atoms with Gasteiger partial charge in [0.15, 0.2) is 17.5 Å². The van der Waals surface area contributed by atoms with Crippen molar-refractivity contribution in [1.29, 1.82) is 0 Å². The van der Waals surface area contributed by atoms with Crippen molar-refractivity contribution in [2.45, 2.75) is 95.2 Å². The van der Waals surface area contributed by atoms with Crippen LogP contribution in [0.15, 0.2) is 71.8 Å². The number of carbonyl (C=O) groups is 5. The first-order valence-corrected chi connectivity index (χ1v) is 19.1. The van der Waals surface area contributed by atoms with Gasteiger partial charge in [0.05, 0.1) is 54.4 Å². The summed E-state index contributed by atoms with van der Waals surface area (Å²) >= 11 is 0. The Labute approximate surface area is 332 Å². The zero-order valence-corrected chi connectivity index (χ0v) is 33.3. The van der Waals surface area contributed by atoms with Crippen LogP contribution in [-0.2, 0) is 47.6 Å². The molecule has 3 N–H and O–H groups in total. The summed E-state index contributed by atoms with van der Waals surface area (Å²) in [5.74, 6) is -5.43. The standard InChI is InChI=1S/C42H51BNO13/c1-23-28(55-38(50)33(53-7)32(44-43-22-46)25-14-10-8-11-15-25)19-42(51)36(56-37(49)26-16-12-9-13-17-26)34-40(5,35(48)27(20-45)31(23)39(42,3)4)29(52-6)18-30-41(34,21-54-30)57-24(2)47/h8-17,22,27-30,32-34,36,44-45,51H,18-21H2,1-7H3/t27-,28+,29+,30-,32+,33-,34?,36?,40-,41+,42-/m1/s1. The maximum Gasteiger partial charge on any atom is 0.338 e. The molecule has 2 aromatic carbocycles. The van der Waals surface area contributed by atoms with E-state index in [1.54, 1.807) is 88.4 Å². The molecule has 4 aliphatic rings. The van der Waals surface area contributed by atoms with Gasteiger partial charge in [0.2, 0.25) is 0 Å². The fourth-order valence-electron chi connectivity index (χ4n) is 10.2. The number of carbonyl (C=O) groups excluding carboxylic acids is 5. The molecule has 1 radical (unpaired) electrons. The number of methoxy groups -OCH3 is 2. The van der Waals surface area contributed by atoms with E-state index >= 15 is 4.79 Å². The van der Waals surface area contributed by atoms with E-state index in [-0.39, 0.29) is 25.0 Å². The Kier molecular flexibility index (Phi) is 12.0. The lowest BCUT2D eigenvalue weighted by atomic mass is 9.43. The quantitative estimate of drug-likeness (QED) is 0.0882. The number of aliphatic hydroxyl groups is 2. The van der Waals surface area contributed by atoms with Gasteiger partial charge in [-0.05, 0) is 42.7 Å². The minimum Gasteiger partial charge on any atom is -0.456 e. The molecule has 2 saturated carbocycles. The number of rotatable bonds is 13. The minimum atomic E-state index is -2.18. The van der Waals surface area contributed by atoms with Gasteiger partial charge in [0.25, 0.3) is 7.41 Å². The summed E-state index contributed by atoms with van der Waals surface area (Å²) in [4.78, 5) is 68.4. The summed E-state index contributed by atoms with van der Waals surface area (Å²) in [7, 11) is 3.89. The Hall–Kier alpha value is -4.25. The number of Topliss-reactive ketones (excluding diaryl/α,β-unsaturated/α-hetero) is 1. The predicted molar refractivity (Wildman–Crippen MR) is 204 cm³/mol. The Bertz CT molecular complexity index is 1890. The van der Waals surface area contributed by atoms with Crippen molar-refractivity contribution in [2.75, 3.05) is 27.4 Å².